The highest BCUT2D eigenvalue weighted by Crippen LogP contribution is 2.41. The normalized spacial score (nSPS) is 14.0. The predicted molar refractivity (Wildman–Crippen MR) is 95.6 cm³/mol. The molecule has 5 rings (SSSR count). The van der Waals surface area contributed by atoms with Crippen molar-refractivity contribution in [2.24, 2.45) is 0 Å². The zero-order valence-corrected chi connectivity index (χ0v) is 12.9. The third kappa shape index (κ3) is 1.77. The van der Waals surface area contributed by atoms with Crippen molar-refractivity contribution in [2.75, 3.05) is 23.5 Å². The molecule has 1 aromatic heterocycles. The minimum absolute atomic E-state index is 0.852. The Kier molecular flexibility index (Phi) is 2.48. The molecule has 3 aromatic carbocycles. The molecule has 2 heterocycles. The Labute approximate surface area is 134 Å². The summed E-state index contributed by atoms with van der Waals surface area (Å²) in [6.45, 7) is 0.852. The van der Waals surface area contributed by atoms with Crippen LogP contribution in [0, 0.1) is 0 Å². The van der Waals surface area contributed by atoms with E-state index in [9.17, 15) is 0 Å². The van der Waals surface area contributed by atoms with E-state index in [0.717, 1.165) is 23.5 Å². The van der Waals surface area contributed by atoms with Crippen LogP contribution >= 0.6 is 0 Å². The highest BCUT2D eigenvalue weighted by atomic mass is 16.3. The molecule has 1 aliphatic heterocycles. The van der Waals surface area contributed by atoms with Gasteiger partial charge < -0.3 is 14.2 Å². The summed E-state index contributed by atoms with van der Waals surface area (Å²) < 4.78 is 6.03. The van der Waals surface area contributed by atoms with Crippen molar-refractivity contribution in [3.8, 4) is 0 Å². The summed E-state index contributed by atoms with van der Waals surface area (Å²) in [6.07, 6.45) is 0. The van der Waals surface area contributed by atoms with Crippen molar-refractivity contribution in [1.29, 1.82) is 0 Å². The van der Waals surface area contributed by atoms with Gasteiger partial charge in [-0.15, -0.1) is 0 Å². The number of rotatable bonds is 1. The smallest absolute Gasteiger partial charge is 0.137 e. The van der Waals surface area contributed by atoms with Gasteiger partial charge in [0, 0.05) is 29.6 Å². The monoisotopic (exact) mass is 300 g/mol. The zero-order valence-electron chi connectivity index (χ0n) is 12.9. The van der Waals surface area contributed by atoms with Crippen LogP contribution in [-0.2, 0) is 0 Å². The Hall–Kier alpha value is -2.94. The number of nitrogens with zero attached hydrogens (tertiary/aromatic N) is 2. The first-order valence-electron chi connectivity index (χ1n) is 7.80. The minimum atomic E-state index is 0.852. The highest BCUT2D eigenvalue weighted by molar-refractivity contribution is 6.06. The number of fused-ring (bicyclic) bond motifs is 4. The van der Waals surface area contributed by atoms with Gasteiger partial charge in [-0.05, 0) is 30.3 Å². The number of benzene rings is 3. The van der Waals surface area contributed by atoms with Gasteiger partial charge in [-0.25, -0.2) is 0 Å². The molecule has 0 fully saturated rings. The van der Waals surface area contributed by atoms with Crippen LogP contribution in [0.2, 0.25) is 0 Å². The van der Waals surface area contributed by atoms with E-state index in [1.54, 1.807) is 0 Å². The van der Waals surface area contributed by atoms with E-state index in [0.29, 0.717) is 0 Å². The second-order valence-corrected chi connectivity index (χ2v) is 6.03. The Morgan fingerprint density at radius 3 is 2.43 bits per heavy atom. The third-order valence-electron chi connectivity index (χ3n) is 4.61. The predicted octanol–water partition coefficient (Wildman–Crippen LogP) is 5.13. The molecule has 0 spiro atoms. The molecule has 0 aliphatic carbocycles. The number of para-hydroxylation sites is 3. The molecular formula is C20H16N2O. The van der Waals surface area contributed by atoms with Gasteiger partial charge in [-0.3, -0.25) is 0 Å². The molecule has 1 aliphatic rings. The highest BCUT2D eigenvalue weighted by Gasteiger charge is 2.24. The summed E-state index contributed by atoms with van der Waals surface area (Å²) in [4.78, 5) is 4.58. The number of hydrogen-bond acceptors (Lipinski definition) is 3. The molecule has 0 unspecified atom stereocenters. The summed E-state index contributed by atoms with van der Waals surface area (Å²) in [5.74, 6) is 0. The molecule has 112 valence electrons. The second kappa shape index (κ2) is 4.53. The van der Waals surface area contributed by atoms with Crippen molar-refractivity contribution in [1.82, 2.24) is 0 Å². The van der Waals surface area contributed by atoms with Crippen LogP contribution in [0.3, 0.4) is 0 Å². The zero-order chi connectivity index (χ0) is 15.4. The fraction of sp³-hybridized carbons (Fsp3) is 0.100. The van der Waals surface area contributed by atoms with Crippen molar-refractivity contribution in [2.45, 2.75) is 0 Å². The average molecular weight is 300 g/mol. The molecule has 3 nitrogen and oxygen atoms in total. The first-order chi connectivity index (χ1) is 11.3. The maximum absolute atomic E-state index is 6.03. The van der Waals surface area contributed by atoms with E-state index < -0.39 is 0 Å². The average Bonchev–Trinajstić information content (AvgIpc) is 3.13. The Morgan fingerprint density at radius 2 is 1.52 bits per heavy atom. The van der Waals surface area contributed by atoms with E-state index in [4.69, 9.17) is 4.42 Å². The van der Waals surface area contributed by atoms with Crippen LogP contribution < -0.4 is 9.80 Å². The fourth-order valence-corrected chi connectivity index (χ4v) is 3.48. The molecule has 23 heavy (non-hydrogen) atoms. The van der Waals surface area contributed by atoms with Gasteiger partial charge in [0.25, 0.3) is 0 Å². The first kappa shape index (κ1) is 12.6. The molecule has 0 saturated carbocycles. The summed E-state index contributed by atoms with van der Waals surface area (Å²) in [6, 6.07) is 23.2. The van der Waals surface area contributed by atoms with Gasteiger partial charge in [-0.2, -0.15) is 0 Å². The number of anilines is 3. The Bertz CT molecular complexity index is 1030. The summed E-state index contributed by atoms with van der Waals surface area (Å²) in [5, 5.41) is 2.35. The minimum Gasteiger partial charge on any atom is -0.456 e. The fourth-order valence-electron chi connectivity index (χ4n) is 3.48. The lowest BCUT2D eigenvalue weighted by atomic mass is 10.1. The van der Waals surface area contributed by atoms with Crippen LogP contribution in [0.1, 0.15) is 0 Å². The largest absolute Gasteiger partial charge is 0.456 e. The van der Waals surface area contributed by atoms with Crippen LogP contribution in [0.15, 0.2) is 71.1 Å². The van der Waals surface area contributed by atoms with Crippen LogP contribution in [0.5, 0.6) is 0 Å². The van der Waals surface area contributed by atoms with Crippen molar-refractivity contribution < 1.29 is 4.42 Å². The maximum Gasteiger partial charge on any atom is 0.137 e. The van der Waals surface area contributed by atoms with E-state index in [-0.39, 0.29) is 0 Å². The number of hydrogen-bond donors (Lipinski definition) is 0. The van der Waals surface area contributed by atoms with Crippen LogP contribution in [-0.4, -0.2) is 13.7 Å². The van der Waals surface area contributed by atoms with E-state index in [1.165, 1.54) is 22.1 Å². The van der Waals surface area contributed by atoms with Crippen molar-refractivity contribution in [3.63, 3.8) is 0 Å². The summed E-state index contributed by atoms with van der Waals surface area (Å²) in [7, 11) is 2.12. The van der Waals surface area contributed by atoms with Gasteiger partial charge in [0.05, 0.1) is 18.0 Å². The SMILES string of the molecule is CN1CN(c2ccc3c(c2)oc2ccccc23)c2ccccc21. The number of furan rings is 1. The summed E-state index contributed by atoms with van der Waals surface area (Å²) >= 11 is 0. The first-order valence-corrected chi connectivity index (χ1v) is 7.80. The van der Waals surface area contributed by atoms with Gasteiger partial charge in [-0.1, -0.05) is 30.3 Å². The molecule has 0 radical (unpaired) electrons. The van der Waals surface area contributed by atoms with Gasteiger partial charge in [0.15, 0.2) is 0 Å². The van der Waals surface area contributed by atoms with Gasteiger partial charge >= 0.3 is 0 Å². The standard InChI is InChI=1S/C20H16N2O/c1-21-13-22(18-8-4-3-7-17(18)21)14-10-11-16-15-6-2-5-9-19(15)23-20(16)12-14/h2-12H,13H2,1H3. The molecule has 3 heteroatoms. The van der Waals surface area contributed by atoms with Crippen molar-refractivity contribution in [3.05, 3.63) is 66.7 Å². The second-order valence-electron chi connectivity index (χ2n) is 6.03. The lowest BCUT2D eigenvalue weighted by molar-refractivity contribution is 0.669. The van der Waals surface area contributed by atoms with Gasteiger partial charge in [0.1, 0.15) is 11.2 Å². The molecule has 0 atom stereocenters. The topological polar surface area (TPSA) is 19.6 Å². The van der Waals surface area contributed by atoms with Gasteiger partial charge in [0.2, 0.25) is 0 Å². The maximum atomic E-state index is 6.03. The lowest BCUT2D eigenvalue weighted by Crippen LogP contribution is -2.23. The Morgan fingerprint density at radius 1 is 0.783 bits per heavy atom. The molecule has 0 saturated heterocycles. The summed E-state index contributed by atoms with van der Waals surface area (Å²) in [5.41, 5.74) is 5.55. The molecular weight excluding hydrogens is 284 g/mol. The quantitative estimate of drug-likeness (QED) is 0.486. The van der Waals surface area contributed by atoms with Crippen molar-refractivity contribution >= 4 is 39.0 Å². The van der Waals surface area contributed by atoms with Crippen LogP contribution in [0.4, 0.5) is 17.1 Å². The van der Waals surface area contributed by atoms with E-state index in [2.05, 4.69) is 71.4 Å². The third-order valence-corrected chi connectivity index (χ3v) is 4.61. The van der Waals surface area contributed by atoms with E-state index >= 15 is 0 Å². The molecule has 0 bridgehead atoms. The molecule has 0 N–H and O–H groups in total. The Balaban J connectivity index is 1.68. The lowest BCUT2D eigenvalue weighted by Gasteiger charge is -2.19. The molecule has 0 amide bonds. The molecule has 4 aromatic rings. The van der Waals surface area contributed by atoms with E-state index in [1.807, 2.05) is 12.1 Å². The van der Waals surface area contributed by atoms with Crippen LogP contribution in [0.25, 0.3) is 21.9 Å².